The highest BCUT2D eigenvalue weighted by molar-refractivity contribution is 8.50. The summed E-state index contributed by atoms with van der Waals surface area (Å²) in [6, 6.07) is 59.7. The number of hydrogen-bond donors (Lipinski definition) is 0. The first-order valence-electron chi connectivity index (χ1n) is 13.9. The summed E-state index contributed by atoms with van der Waals surface area (Å²) in [5.74, 6) is 0. The van der Waals surface area contributed by atoms with Gasteiger partial charge in [-0.2, -0.15) is 0 Å². The molecule has 0 atom stereocenters. The van der Waals surface area contributed by atoms with Crippen molar-refractivity contribution in [3.63, 3.8) is 0 Å². The zero-order valence-corrected chi connectivity index (χ0v) is 27.6. The molecule has 4 radical (unpaired) electrons. The Morgan fingerprint density at radius 1 is 0.378 bits per heavy atom. The Kier molecular flexibility index (Phi) is 12.0. The maximum atomic E-state index is 11.5. The molecule has 0 N–H and O–H groups in total. The molecule has 0 heterocycles. The lowest BCUT2D eigenvalue weighted by Gasteiger charge is -2.11. The van der Waals surface area contributed by atoms with Gasteiger partial charge in [0, 0.05) is 0 Å². The van der Waals surface area contributed by atoms with Crippen LogP contribution in [-0.4, -0.2) is 13.0 Å². The van der Waals surface area contributed by atoms with E-state index in [-0.39, 0.29) is 0 Å². The summed E-state index contributed by atoms with van der Waals surface area (Å²) in [6.45, 7) is 0. The Balaban J connectivity index is 0.000000179. The third kappa shape index (κ3) is 9.04. The fourth-order valence-electron chi connectivity index (χ4n) is 4.76. The standard InChI is InChI=1S/2C18H15NP.H2O3S2/c2*19-20(16-10-4-1-5-11-16,17-12-6-2-7-13-17)18-14-8-3-9-15-18;1-5(2,3)4/h2*1-15H;(H2,1,2,3,4)/q2*+1;/p-2. The molecule has 0 aromatic heterocycles. The first-order valence-corrected chi connectivity index (χ1v) is 19.7. The van der Waals surface area contributed by atoms with E-state index in [0.29, 0.717) is 0 Å². The predicted molar refractivity (Wildman–Crippen MR) is 192 cm³/mol. The highest BCUT2D eigenvalue weighted by atomic mass is 33.1. The molecule has 0 aliphatic rings. The van der Waals surface area contributed by atoms with Gasteiger partial charge >= 0.3 is 24.4 Å². The second kappa shape index (κ2) is 15.9. The average Bonchev–Trinajstić information content (AvgIpc) is 3.09. The molecule has 6 rings (SSSR count). The maximum Gasteiger partial charge on any atom is 0.385 e. The Morgan fingerprint density at radius 2 is 0.489 bits per heavy atom. The van der Waals surface area contributed by atoms with Crippen molar-refractivity contribution in [2.75, 3.05) is 0 Å². The lowest BCUT2D eigenvalue weighted by molar-refractivity contribution is 0.483. The summed E-state index contributed by atoms with van der Waals surface area (Å²) in [5.41, 5.74) is 0. The van der Waals surface area contributed by atoms with Crippen molar-refractivity contribution < 1.29 is 13.0 Å². The zero-order chi connectivity index (χ0) is 32.2. The van der Waals surface area contributed by atoms with Crippen molar-refractivity contribution in [3.05, 3.63) is 182 Å². The molecule has 45 heavy (non-hydrogen) atoms. The topological polar surface area (TPSA) is 102 Å². The molecular weight excluding hydrogens is 634 g/mol. The van der Waals surface area contributed by atoms with Crippen LogP contribution in [-0.2, 0) is 20.8 Å². The van der Waals surface area contributed by atoms with Crippen LogP contribution in [0.2, 0.25) is 0 Å². The lowest BCUT2D eigenvalue weighted by Crippen LogP contribution is -2.25. The van der Waals surface area contributed by atoms with Crippen LogP contribution in [0, 0.1) is 0 Å². The Hall–Kier alpha value is -3.96. The molecule has 0 spiro atoms. The van der Waals surface area contributed by atoms with Gasteiger partial charge in [0.1, 0.15) is 0 Å². The maximum absolute atomic E-state index is 11.5. The monoisotopic (exact) mass is 664 g/mol. The van der Waals surface area contributed by atoms with E-state index in [1.165, 1.54) is 0 Å². The van der Waals surface area contributed by atoms with Gasteiger partial charge in [-0.15, -0.1) is 0 Å². The van der Waals surface area contributed by atoms with Crippen molar-refractivity contribution in [2.45, 2.75) is 0 Å². The molecule has 6 aromatic carbocycles. The van der Waals surface area contributed by atoms with Gasteiger partial charge in [0.15, 0.2) is 0 Å². The third-order valence-electron chi connectivity index (χ3n) is 6.78. The first kappa shape index (κ1) is 33.9. The van der Waals surface area contributed by atoms with Gasteiger partial charge in [-0.05, 0) is 81.9 Å². The molecule has 5 nitrogen and oxygen atoms in total. The van der Waals surface area contributed by atoms with Crippen molar-refractivity contribution >= 4 is 66.7 Å². The van der Waals surface area contributed by atoms with Crippen LogP contribution in [0.25, 0.3) is 0 Å². The van der Waals surface area contributed by atoms with Crippen LogP contribution in [0.3, 0.4) is 0 Å². The summed E-state index contributed by atoms with van der Waals surface area (Å²) < 4.78 is 26.7. The van der Waals surface area contributed by atoms with E-state index in [1.54, 1.807) is 0 Å². The molecule has 224 valence electrons. The Morgan fingerprint density at radius 3 is 0.600 bits per heavy atom. The molecular formula is C36H30N2O3P2S2. The van der Waals surface area contributed by atoms with Gasteiger partial charge < -0.3 is 16.2 Å². The van der Waals surface area contributed by atoms with Gasteiger partial charge in [-0.3, -0.25) is 8.42 Å². The Bertz CT molecular complexity index is 1620. The van der Waals surface area contributed by atoms with Crippen LogP contribution >= 0.6 is 14.1 Å². The van der Waals surface area contributed by atoms with Crippen LogP contribution in [0.15, 0.2) is 182 Å². The second-order valence-corrected chi connectivity index (χ2v) is 17.4. The minimum Gasteiger partial charge on any atom is -0.768 e. The summed E-state index contributed by atoms with van der Waals surface area (Å²) in [4.78, 5) is 0. The quantitative estimate of drug-likeness (QED) is 0.109. The van der Waals surface area contributed by atoms with Gasteiger partial charge in [-0.1, -0.05) is 109 Å². The van der Waals surface area contributed by atoms with Crippen LogP contribution < -0.4 is 42.2 Å². The Labute approximate surface area is 270 Å². The lowest BCUT2D eigenvalue weighted by atomic mass is 10.4. The molecule has 0 unspecified atom stereocenters. The summed E-state index contributed by atoms with van der Waals surface area (Å²) >= 11 is 3.24. The van der Waals surface area contributed by atoms with Crippen molar-refractivity contribution in [3.8, 4) is 0 Å². The number of rotatable bonds is 6. The zero-order valence-electron chi connectivity index (χ0n) is 24.2. The molecule has 0 bridgehead atoms. The molecule has 0 saturated heterocycles. The molecule has 6 aromatic rings. The molecule has 0 aliphatic heterocycles. The third-order valence-corrected chi connectivity index (χ3v) is 13.1. The van der Waals surface area contributed by atoms with Crippen molar-refractivity contribution in [2.24, 2.45) is 0 Å². The summed E-state index contributed by atoms with van der Waals surface area (Å²) in [6.07, 6.45) is 0. The normalized spacial score (nSPS) is 11.2. The minimum atomic E-state index is -4.33. The van der Waals surface area contributed by atoms with E-state index in [2.05, 4.69) is 11.7 Å². The highest BCUT2D eigenvalue weighted by Crippen LogP contribution is 2.41. The summed E-state index contributed by atoms with van der Waals surface area (Å²) in [5, 5.41) is 29.0. The first-order chi connectivity index (χ1) is 21.6. The van der Waals surface area contributed by atoms with E-state index >= 15 is 0 Å². The van der Waals surface area contributed by atoms with Gasteiger partial charge in [-0.25, -0.2) is 0 Å². The van der Waals surface area contributed by atoms with E-state index in [9.17, 15) is 10.3 Å². The fourth-order valence-corrected chi connectivity index (χ4v) is 10.2. The number of benzene rings is 6. The van der Waals surface area contributed by atoms with Gasteiger partial charge in [0.25, 0.3) is 0 Å². The van der Waals surface area contributed by atoms with Gasteiger partial charge in [0.2, 0.25) is 0 Å². The van der Waals surface area contributed by atoms with E-state index in [1.807, 2.05) is 182 Å². The van der Waals surface area contributed by atoms with Gasteiger partial charge in [0.05, 0.1) is 31.8 Å². The SMILES string of the molecule is O=S(=O)([O-])[S-].[N+]=P(c1ccccc1)(c1ccccc1)c1ccccc1.[N+]=P(c1ccccc1)(c1ccccc1)c1ccccc1. The largest absolute Gasteiger partial charge is 0.768 e. The molecule has 0 amide bonds. The van der Waals surface area contributed by atoms with Crippen molar-refractivity contribution in [1.29, 1.82) is 0 Å². The fraction of sp³-hybridized carbons (Fsp3) is 0. The van der Waals surface area contributed by atoms with Crippen molar-refractivity contribution in [1.82, 2.24) is 10.3 Å². The minimum absolute atomic E-state index is 0.984. The molecule has 0 saturated carbocycles. The van der Waals surface area contributed by atoms with E-state index < -0.39 is 23.3 Å². The summed E-state index contributed by atoms with van der Waals surface area (Å²) in [7, 11) is -9.39. The second-order valence-electron chi connectivity index (χ2n) is 9.69. The highest BCUT2D eigenvalue weighted by Gasteiger charge is 2.40. The molecule has 0 aliphatic carbocycles. The van der Waals surface area contributed by atoms with Crippen LogP contribution in [0.1, 0.15) is 0 Å². The predicted octanol–water partition coefficient (Wildman–Crippen LogP) is 4.92. The van der Waals surface area contributed by atoms with Crippen LogP contribution in [0.4, 0.5) is 0 Å². The van der Waals surface area contributed by atoms with E-state index in [4.69, 9.17) is 13.0 Å². The molecule has 0 fully saturated rings. The number of hydrogen-bond acceptors (Lipinski definition) is 4. The molecule has 9 heteroatoms. The smallest absolute Gasteiger partial charge is 0.385 e. The van der Waals surface area contributed by atoms with E-state index in [0.717, 1.165) is 31.8 Å². The number of nitrogens with zero attached hydrogens (tertiary/aromatic N) is 2. The van der Waals surface area contributed by atoms with Crippen LogP contribution in [0.5, 0.6) is 0 Å². The average molecular weight is 665 g/mol.